The van der Waals surface area contributed by atoms with Gasteiger partial charge in [0.2, 0.25) is 11.8 Å². The molecule has 236 valence electrons. The number of benzene rings is 4. The van der Waals surface area contributed by atoms with Gasteiger partial charge in [0.25, 0.3) is 10.0 Å². The molecule has 0 fully saturated rings. The zero-order valence-electron chi connectivity index (χ0n) is 25.5. The fourth-order valence-corrected chi connectivity index (χ4v) is 6.50. The molecule has 4 aromatic carbocycles. The molecular weight excluding hydrogens is 629 g/mol. The smallest absolute Gasteiger partial charge is 0.264 e. The molecule has 1 N–H and O–H groups in total. The second-order valence-electron chi connectivity index (χ2n) is 11.0. The van der Waals surface area contributed by atoms with Crippen LogP contribution in [0.25, 0.3) is 0 Å². The lowest BCUT2D eigenvalue weighted by Crippen LogP contribution is -2.54. The summed E-state index contributed by atoms with van der Waals surface area (Å²) in [6, 6.07) is 28.1. The number of hydrogen-bond donors (Lipinski definition) is 1. The number of halogens is 2. The number of aryl methyl sites for hydroxylation is 1. The Balaban J connectivity index is 1.80. The summed E-state index contributed by atoms with van der Waals surface area (Å²) in [5, 5.41) is 3.72. The first-order chi connectivity index (χ1) is 21.5. The number of nitrogens with one attached hydrogen (secondary N) is 1. The van der Waals surface area contributed by atoms with Crippen molar-refractivity contribution in [2.75, 3.05) is 10.8 Å². The van der Waals surface area contributed by atoms with Crippen molar-refractivity contribution in [2.24, 2.45) is 0 Å². The summed E-state index contributed by atoms with van der Waals surface area (Å²) in [6.45, 7) is 5.36. The van der Waals surface area contributed by atoms with Crippen LogP contribution in [0.5, 0.6) is 0 Å². The van der Waals surface area contributed by atoms with Crippen LogP contribution in [-0.2, 0) is 32.6 Å². The normalized spacial score (nSPS) is 12.6. The van der Waals surface area contributed by atoms with Gasteiger partial charge in [0.05, 0.1) is 10.6 Å². The summed E-state index contributed by atoms with van der Waals surface area (Å²) >= 11 is 12.3. The average molecular weight is 667 g/mol. The van der Waals surface area contributed by atoms with Crippen LogP contribution in [0.2, 0.25) is 10.0 Å². The zero-order chi connectivity index (χ0) is 32.6. The summed E-state index contributed by atoms with van der Waals surface area (Å²) in [7, 11) is -4.25. The van der Waals surface area contributed by atoms with Crippen molar-refractivity contribution in [3.63, 3.8) is 0 Å². The van der Waals surface area contributed by atoms with Crippen LogP contribution in [0, 0.1) is 6.92 Å². The first-order valence-corrected chi connectivity index (χ1v) is 16.9. The lowest BCUT2D eigenvalue weighted by atomic mass is 10.0. The van der Waals surface area contributed by atoms with E-state index in [1.54, 1.807) is 18.2 Å². The number of amides is 2. The van der Waals surface area contributed by atoms with Crippen molar-refractivity contribution in [2.45, 2.75) is 57.1 Å². The highest BCUT2D eigenvalue weighted by Gasteiger charge is 2.35. The third-order valence-corrected chi connectivity index (χ3v) is 9.80. The van der Waals surface area contributed by atoms with E-state index in [1.165, 1.54) is 35.2 Å². The standard InChI is InChI=1S/C35H37Cl2N3O4S/c1-4-26(3)38-35(42)33(21-27-9-6-5-7-10-27)39(23-28-15-13-25(2)14-16-28)34(41)24-40(31-12-8-11-30(37)22-31)45(43,44)32-19-17-29(36)18-20-32/h5-20,22,26,33H,4,21,23-24H2,1-3H3,(H,38,42). The molecule has 0 saturated heterocycles. The van der Waals surface area contributed by atoms with Crippen molar-refractivity contribution in [1.29, 1.82) is 0 Å². The minimum Gasteiger partial charge on any atom is -0.352 e. The van der Waals surface area contributed by atoms with E-state index in [1.807, 2.05) is 75.4 Å². The summed E-state index contributed by atoms with van der Waals surface area (Å²) < 4.78 is 29.2. The molecule has 0 heterocycles. The number of nitrogens with zero attached hydrogens (tertiary/aromatic N) is 2. The van der Waals surface area contributed by atoms with Gasteiger partial charge >= 0.3 is 0 Å². The van der Waals surface area contributed by atoms with Crippen molar-refractivity contribution < 1.29 is 18.0 Å². The highest BCUT2D eigenvalue weighted by Crippen LogP contribution is 2.28. The lowest BCUT2D eigenvalue weighted by molar-refractivity contribution is -0.140. The fraction of sp³-hybridized carbons (Fsp3) is 0.257. The van der Waals surface area contributed by atoms with E-state index in [2.05, 4.69) is 5.32 Å². The minimum atomic E-state index is -4.25. The van der Waals surface area contributed by atoms with Crippen molar-refractivity contribution in [3.05, 3.63) is 130 Å². The third-order valence-electron chi connectivity index (χ3n) is 7.52. The molecule has 0 radical (unpaired) electrons. The highest BCUT2D eigenvalue weighted by molar-refractivity contribution is 7.92. The maximum absolute atomic E-state index is 14.5. The Morgan fingerprint density at radius 1 is 0.822 bits per heavy atom. The first-order valence-electron chi connectivity index (χ1n) is 14.7. The van der Waals surface area contributed by atoms with E-state index in [9.17, 15) is 18.0 Å². The Hall–Kier alpha value is -3.85. The lowest BCUT2D eigenvalue weighted by Gasteiger charge is -2.34. The summed E-state index contributed by atoms with van der Waals surface area (Å²) in [5.41, 5.74) is 2.93. The molecule has 45 heavy (non-hydrogen) atoms. The van der Waals surface area contributed by atoms with Crippen LogP contribution in [0.4, 0.5) is 5.69 Å². The summed E-state index contributed by atoms with van der Waals surface area (Å²) in [6.07, 6.45) is 0.944. The highest BCUT2D eigenvalue weighted by atomic mass is 35.5. The Morgan fingerprint density at radius 3 is 2.11 bits per heavy atom. The van der Waals surface area contributed by atoms with Gasteiger partial charge in [-0.05, 0) is 73.9 Å². The van der Waals surface area contributed by atoms with Crippen molar-refractivity contribution >= 4 is 50.7 Å². The fourth-order valence-electron chi connectivity index (χ4n) is 4.78. The van der Waals surface area contributed by atoms with E-state index in [4.69, 9.17) is 23.2 Å². The van der Waals surface area contributed by atoms with Crippen LogP contribution < -0.4 is 9.62 Å². The molecule has 2 unspecified atom stereocenters. The van der Waals surface area contributed by atoms with Gasteiger partial charge in [-0.1, -0.05) is 96.4 Å². The van der Waals surface area contributed by atoms with Gasteiger partial charge in [-0.2, -0.15) is 0 Å². The number of anilines is 1. The maximum Gasteiger partial charge on any atom is 0.264 e. The van der Waals surface area contributed by atoms with Gasteiger partial charge in [-0.3, -0.25) is 13.9 Å². The minimum absolute atomic E-state index is 0.0416. The number of carbonyl (C=O) groups excluding carboxylic acids is 2. The quantitative estimate of drug-likeness (QED) is 0.166. The topological polar surface area (TPSA) is 86.8 Å². The molecule has 0 aliphatic rings. The van der Waals surface area contributed by atoms with E-state index < -0.39 is 28.5 Å². The average Bonchev–Trinajstić information content (AvgIpc) is 3.02. The van der Waals surface area contributed by atoms with Crippen LogP contribution >= 0.6 is 23.2 Å². The molecule has 7 nitrogen and oxygen atoms in total. The Bertz CT molecular complexity index is 1700. The molecule has 10 heteroatoms. The second-order valence-corrected chi connectivity index (χ2v) is 13.7. The molecule has 4 rings (SSSR count). The molecule has 2 atom stereocenters. The third kappa shape index (κ3) is 9.10. The number of sulfonamides is 1. The van der Waals surface area contributed by atoms with Gasteiger partial charge in [0.1, 0.15) is 12.6 Å². The predicted molar refractivity (Wildman–Crippen MR) is 181 cm³/mol. The van der Waals surface area contributed by atoms with Gasteiger partial charge in [0.15, 0.2) is 0 Å². The molecule has 0 aliphatic carbocycles. The van der Waals surface area contributed by atoms with Gasteiger partial charge in [0, 0.05) is 29.1 Å². The Morgan fingerprint density at radius 2 is 1.49 bits per heavy atom. The molecule has 2 amide bonds. The maximum atomic E-state index is 14.5. The molecule has 0 saturated carbocycles. The number of carbonyl (C=O) groups is 2. The van der Waals surface area contributed by atoms with Gasteiger partial charge < -0.3 is 10.2 Å². The Labute approximate surface area is 275 Å². The van der Waals surface area contributed by atoms with Crippen LogP contribution in [0.3, 0.4) is 0 Å². The zero-order valence-corrected chi connectivity index (χ0v) is 27.8. The number of hydrogen-bond acceptors (Lipinski definition) is 4. The van der Waals surface area contributed by atoms with Crippen LogP contribution in [0.1, 0.15) is 37.0 Å². The first kappa shape index (κ1) is 34.0. The SMILES string of the molecule is CCC(C)NC(=O)C(Cc1ccccc1)N(Cc1ccc(C)cc1)C(=O)CN(c1cccc(Cl)c1)S(=O)(=O)c1ccc(Cl)cc1. The van der Waals surface area contributed by atoms with Crippen LogP contribution in [-0.4, -0.2) is 43.8 Å². The van der Waals surface area contributed by atoms with Gasteiger partial charge in [-0.15, -0.1) is 0 Å². The molecule has 0 aliphatic heterocycles. The second kappa shape index (κ2) is 15.4. The van der Waals surface area contributed by atoms with E-state index >= 15 is 0 Å². The molecule has 0 aromatic heterocycles. The van der Waals surface area contributed by atoms with Crippen molar-refractivity contribution in [1.82, 2.24) is 10.2 Å². The largest absolute Gasteiger partial charge is 0.352 e. The van der Waals surface area contributed by atoms with Crippen molar-refractivity contribution in [3.8, 4) is 0 Å². The molecule has 0 bridgehead atoms. The summed E-state index contributed by atoms with van der Waals surface area (Å²) in [5.74, 6) is -0.864. The molecular formula is C35H37Cl2N3O4S. The number of rotatable bonds is 13. The van der Waals surface area contributed by atoms with Crippen LogP contribution in [0.15, 0.2) is 108 Å². The Kier molecular flexibility index (Phi) is 11.7. The van der Waals surface area contributed by atoms with E-state index in [-0.39, 0.29) is 35.5 Å². The predicted octanol–water partition coefficient (Wildman–Crippen LogP) is 7.05. The van der Waals surface area contributed by atoms with Gasteiger partial charge in [-0.25, -0.2) is 8.42 Å². The van der Waals surface area contributed by atoms with E-state index in [0.717, 1.165) is 21.0 Å². The monoisotopic (exact) mass is 665 g/mol. The molecule has 4 aromatic rings. The summed E-state index contributed by atoms with van der Waals surface area (Å²) in [4.78, 5) is 29.8. The van der Waals surface area contributed by atoms with E-state index in [0.29, 0.717) is 16.5 Å². The molecule has 0 spiro atoms.